The number of hydrogen-bond acceptors (Lipinski definition) is 6. The molecule has 3 unspecified atom stereocenters. The van der Waals surface area contributed by atoms with E-state index in [1.165, 1.54) is 23.0 Å². The van der Waals surface area contributed by atoms with Crippen molar-refractivity contribution >= 4 is 35.4 Å². The third kappa shape index (κ3) is 4.35. The maximum absolute atomic E-state index is 13.1. The van der Waals surface area contributed by atoms with E-state index in [4.69, 9.17) is 5.73 Å². The zero-order valence-electron chi connectivity index (χ0n) is 15.3. The molecule has 11 heteroatoms. The molecule has 0 aromatic carbocycles. The van der Waals surface area contributed by atoms with Gasteiger partial charge < -0.3 is 26.3 Å². The van der Waals surface area contributed by atoms with E-state index in [0.29, 0.717) is 25.1 Å². The fourth-order valence-corrected chi connectivity index (χ4v) is 3.87. The molecule has 10 nitrogen and oxygen atoms in total. The quantitative estimate of drug-likeness (QED) is 0.476. The maximum atomic E-state index is 13.1. The highest BCUT2D eigenvalue weighted by Gasteiger charge is 2.37. The van der Waals surface area contributed by atoms with Gasteiger partial charge in [-0.1, -0.05) is 0 Å². The number of nitrogens with two attached hydrogens (primary N) is 1. The van der Waals surface area contributed by atoms with Crippen molar-refractivity contribution in [2.75, 3.05) is 6.54 Å². The molecule has 2 aliphatic heterocycles. The summed E-state index contributed by atoms with van der Waals surface area (Å²) in [5.41, 5.74) is 6.15. The lowest BCUT2D eigenvalue weighted by Gasteiger charge is -2.28. The van der Waals surface area contributed by atoms with E-state index < -0.39 is 29.8 Å². The summed E-state index contributed by atoms with van der Waals surface area (Å²) in [5.74, 6) is -1.80. The summed E-state index contributed by atoms with van der Waals surface area (Å²) < 4.78 is 0. The second-order valence-corrected chi connectivity index (χ2v) is 7.91. The Morgan fingerprint density at radius 1 is 1.46 bits per heavy atom. The molecule has 0 bridgehead atoms. The number of aromatic amines is 1. The molecule has 3 rings (SSSR count). The topological polar surface area (TPSA) is 150 Å². The third-order valence-electron chi connectivity index (χ3n) is 4.71. The van der Waals surface area contributed by atoms with Gasteiger partial charge in [-0.2, -0.15) is 0 Å². The molecule has 0 aliphatic carbocycles. The van der Waals surface area contributed by atoms with Crippen molar-refractivity contribution in [3.63, 3.8) is 0 Å². The summed E-state index contributed by atoms with van der Waals surface area (Å²) >= 11 is 1.23. The number of nitrogens with one attached hydrogen (secondary N) is 3. The normalized spacial score (nSPS) is 23.0. The van der Waals surface area contributed by atoms with E-state index >= 15 is 0 Å². The molecule has 0 radical (unpaired) electrons. The molecule has 2 aliphatic rings. The molecule has 150 valence electrons. The van der Waals surface area contributed by atoms with Crippen molar-refractivity contribution in [1.82, 2.24) is 25.5 Å². The summed E-state index contributed by atoms with van der Waals surface area (Å²) in [7, 11) is 0. The summed E-state index contributed by atoms with van der Waals surface area (Å²) in [6.07, 6.45) is 4.36. The first kappa shape index (κ1) is 19.9. The van der Waals surface area contributed by atoms with Crippen molar-refractivity contribution in [3.8, 4) is 0 Å². The SMILES string of the molecule is CC1SC=C(C(=O)NC(Cc2cnc[nH]2)C(=O)N2CCCC2C(N)=O)NC1=O. The average Bonchev–Trinajstić information content (AvgIpc) is 3.34. The van der Waals surface area contributed by atoms with Crippen molar-refractivity contribution in [3.05, 3.63) is 29.3 Å². The van der Waals surface area contributed by atoms with E-state index in [2.05, 4.69) is 20.6 Å². The van der Waals surface area contributed by atoms with E-state index in [9.17, 15) is 19.2 Å². The highest BCUT2D eigenvalue weighted by atomic mass is 32.2. The zero-order chi connectivity index (χ0) is 20.3. The number of thioether (sulfide) groups is 1. The molecule has 0 saturated carbocycles. The van der Waals surface area contributed by atoms with Crippen LogP contribution in [-0.4, -0.2) is 62.4 Å². The summed E-state index contributed by atoms with van der Waals surface area (Å²) in [6.45, 7) is 2.13. The number of carbonyl (C=O) groups excluding carboxylic acids is 4. The number of carbonyl (C=O) groups is 4. The lowest BCUT2D eigenvalue weighted by atomic mass is 10.1. The van der Waals surface area contributed by atoms with Crippen molar-refractivity contribution in [2.45, 2.75) is 43.5 Å². The molecule has 1 aromatic heterocycles. The molecule has 0 spiro atoms. The van der Waals surface area contributed by atoms with Gasteiger partial charge in [-0.25, -0.2) is 4.98 Å². The van der Waals surface area contributed by atoms with E-state index in [1.54, 1.807) is 18.5 Å². The lowest BCUT2D eigenvalue weighted by Crippen LogP contribution is -2.54. The van der Waals surface area contributed by atoms with Crippen LogP contribution in [0, 0.1) is 0 Å². The van der Waals surface area contributed by atoms with Crippen LogP contribution in [0.25, 0.3) is 0 Å². The van der Waals surface area contributed by atoms with Crippen LogP contribution in [0.1, 0.15) is 25.5 Å². The Bertz CT molecular complexity index is 809. The second kappa shape index (κ2) is 8.46. The predicted molar refractivity (Wildman–Crippen MR) is 101 cm³/mol. The Labute approximate surface area is 165 Å². The van der Waals surface area contributed by atoms with Crippen LogP contribution < -0.4 is 16.4 Å². The fourth-order valence-electron chi connectivity index (χ4n) is 3.18. The Hall–Kier alpha value is -2.82. The van der Waals surface area contributed by atoms with E-state index in [0.717, 1.165) is 0 Å². The number of amides is 4. The van der Waals surface area contributed by atoms with Gasteiger partial charge in [0.25, 0.3) is 5.91 Å². The molecule has 4 amide bonds. The fraction of sp³-hybridized carbons (Fsp3) is 0.471. The number of imidazole rings is 1. The molecule has 3 heterocycles. The molecule has 28 heavy (non-hydrogen) atoms. The van der Waals surface area contributed by atoms with Crippen LogP contribution >= 0.6 is 11.8 Å². The number of likely N-dealkylation sites (tertiary alicyclic amines) is 1. The summed E-state index contributed by atoms with van der Waals surface area (Å²) in [6, 6.07) is -1.62. The van der Waals surface area contributed by atoms with Gasteiger partial charge in [0.05, 0.1) is 11.6 Å². The molecule has 1 fully saturated rings. The van der Waals surface area contributed by atoms with Gasteiger partial charge in [-0.05, 0) is 19.8 Å². The smallest absolute Gasteiger partial charge is 0.268 e. The van der Waals surface area contributed by atoms with Crippen LogP contribution in [0.15, 0.2) is 23.6 Å². The van der Waals surface area contributed by atoms with Gasteiger partial charge in [-0.15, -0.1) is 11.8 Å². The number of hydrogen-bond donors (Lipinski definition) is 4. The van der Waals surface area contributed by atoms with Gasteiger partial charge in [0.1, 0.15) is 17.8 Å². The lowest BCUT2D eigenvalue weighted by molar-refractivity contribution is -0.140. The largest absolute Gasteiger partial charge is 0.368 e. The van der Waals surface area contributed by atoms with E-state index in [-0.39, 0.29) is 23.3 Å². The molecule has 1 saturated heterocycles. The van der Waals surface area contributed by atoms with Crippen molar-refractivity contribution in [2.24, 2.45) is 5.73 Å². The molecular weight excluding hydrogens is 384 g/mol. The first-order chi connectivity index (χ1) is 13.4. The first-order valence-corrected chi connectivity index (χ1v) is 9.85. The highest BCUT2D eigenvalue weighted by Crippen LogP contribution is 2.21. The highest BCUT2D eigenvalue weighted by molar-refractivity contribution is 8.03. The first-order valence-electron chi connectivity index (χ1n) is 8.91. The molecule has 3 atom stereocenters. The monoisotopic (exact) mass is 406 g/mol. The molecule has 5 N–H and O–H groups in total. The standard InChI is InChI=1S/C17H22N6O4S/c1-9-15(25)22-12(7-28-9)16(26)21-11(5-10-6-19-8-20-10)17(27)23-4-2-3-13(23)14(18)24/h6-9,11,13H,2-5H2,1H3,(H2,18,24)(H,19,20)(H,21,26)(H,22,25). The van der Waals surface area contributed by atoms with Crippen LogP contribution in [0.3, 0.4) is 0 Å². The van der Waals surface area contributed by atoms with Crippen molar-refractivity contribution in [1.29, 1.82) is 0 Å². The number of primary amides is 1. The van der Waals surface area contributed by atoms with Gasteiger partial charge in [-0.3, -0.25) is 19.2 Å². The van der Waals surface area contributed by atoms with Gasteiger partial charge in [0.2, 0.25) is 17.7 Å². The molecular formula is C17H22N6O4S. The number of rotatable bonds is 6. The van der Waals surface area contributed by atoms with Gasteiger partial charge in [0.15, 0.2) is 0 Å². The summed E-state index contributed by atoms with van der Waals surface area (Å²) in [4.78, 5) is 57.4. The number of nitrogens with zero attached hydrogens (tertiary/aromatic N) is 2. The van der Waals surface area contributed by atoms with Crippen molar-refractivity contribution < 1.29 is 19.2 Å². The Balaban J connectivity index is 1.77. The van der Waals surface area contributed by atoms with Crippen LogP contribution in [0.4, 0.5) is 0 Å². The molecule has 1 aromatic rings. The average molecular weight is 406 g/mol. The Kier molecular flexibility index (Phi) is 6.02. The van der Waals surface area contributed by atoms with E-state index in [1.807, 2.05) is 0 Å². The predicted octanol–water partition coefficient (Wildman–Crippen LogP) is -0.994. The third-order valence-corrected chi connectivity index (χ3v) is 5.70. The Morgan fingerprint density at radius 3 is 2.89 bits per heavy atom. The zero-order valence-corrected chi connectivity index (χ0v) is 16.1. The number of H-pyrrole nitrogens is 1. The van der Waals surface area contributed by atoms with Crippen LogP contribution in [-0.2, 0) is 25.6 Å². The van der Waals surface area contributed by atoms with Crippen LogP contribution in [0.2, 0.25) is 0 Å². The van der Waals surface area contributed by atoms with Gasteiger partial charge >= 0.3 is 0 Å². The maximum Gasteiger partial charge on any atom is 0.268 e. The van der Waals surface area contributed by atoms with Crippen LogP contribution in [0.5, 0.6) is 0 Å². The minimum Gasteiger partial charge on any atom is -0.368 e. The Morgan fingerprint density at radius 2 is 2.25 bits per heavy atom. The minimum atomic E-state index is -0.935. The minimum absolute atomic E-state index is 0.0865. The summed E-state index contributed by atoms with van der Waals surface area (Å²) in [5, 5.41) is 6.47. The second-order valence-electron chi connectivity index (χ2n) is 6.70. The van der Waals surface area contributed by atoms with Gasteiger partial charge in [0, 0.05) is 30.3 Å². The number of aromatic nitrogens is 2.